The van der Waals surface area contributed by atoms with Crippen LogP contribution in [-0.4, -0.2) is 75.7 Å². The molecule has 0 radical (unpaired) electrons. The molecule has 3 aliphatic heterocycles. The van der Waals surface area contributed by atoms with Gasteiger partial charge in [-0.2, -0.15) is 0 Å². The number of carbonyl (C=O) groups is 3. The third kappa shape index (κ3) is 5.50. The second-order valence-corrected chi connectivity index (χ2v) is 12.6. The lowest BCUT2D eigenvalue weighted by molar-refractivity contribution is -0.164. The number of aliphatic hydroxyl groups is 1. The fraction of sp³-hybridized carbons (Fsp3) is 0.472. The third-order valence-corrected chi connectivity index (χ3v) is 9.83. The van der Waals surface area contributed by atoms with E-state index in [0.29, 0.717) is 32.2 Å². The Morgan fingerprint density at radius 3 is 2.39 bits per heavy atom. The predicted octanol–water partition coefficient (Wildman–Crippen LogP) is 4.32. The predicted molar refractivity (Wildman–Crippen MR) is 167 cm³/mol. The van der Waals surface area contributed by atoms with Crippen LogP contribution in [-0.2, 0) is 36.8 Å². The summed E-state index contributed by atoms with van der Waals surface area (Å²) in [5, 5.41) is 10.7. The summed E-state index contributed by atoms with van der Waals surface area (Å²) in [4.78, 5) is 46.5. The minimum atomic E-state index is -1.24. The zero-order chi connectivity index (χ0) is 31.5. The van der Waals surface area contributed by atoms with Crippen molar-refractivity contribution in [1.82, 2.24) is 9.80 Å². The number of carbonyl (C=O) groups excluding carboxylic acids is 3. The molecule has 1 spiro atoms. The summed E-state index contributed by atoms with van der Waals surface area (Å²) in [6.45, 7) is 11.9. The quantitative estimate of drug-likeness (QED) is 0.197. The van der Waals surface area contributed by atoms with Crippen LogP contribution in [0.1, 0.15) is 44.2 Å². The van der Waals surface area contributed by atoms with E-state index in [9.17, 15) is 19.5 Å². The van der Waals surface area contributed by atoms with Gasteiger partial charge in [0.05, 0.1) is 30.8 Å². The van der Waals surface area contributed by atoms with Gasteiger partial charge in [0.1, 0.15) is 17.6 Å². The molecule has 2 amide bonds. The molecule has 1 N–H and O–H groups in total. The van der Waals surface area contributed by atoms with E-state index in [1.165, 1.54) is 4.90 Å². The molecule has 2 bridgehead atoms. The molecule has 3 fully saturated rings. The van der Waals surface area contributed by atoms with Crippen LogP contribution >= 0.6 is 0 Å². The van der Waals surface area contributed by atoms with E-state index in [2.05, 4.69) is 13.2 Å². The van der Waals surface area contributed by atoms with E-state index in [0.717, 1.165) is 11.1 Å². The zero-order valence-electron chi connectivity index (χ0n) is 25.8. The van der Waals surface area contributed by atoms with Crippen LogP contribution in [0.25, 0.3) is 0 Å². The molecule has 0 aromatic heterocycles. The molecule has 0 aliphatic carbocycles. The van der Waals surface area contributed by atoms with Crippen molar-refractivity contribution in [1.29, 1.82) is 0 Å². The number of benzene rings is 2. The fourth-order valence-electron chi connectivity index (χ4n) is 7.70. The lowest BCUT2D eigenvalue weighted by Crippen LogP contribution is -2.59. The molecule has 3 unspecified atom stereocenters. The molecule has 8 heteroatoms. The summed E-state index contributed by atoms with van der Waals surface area (Å²) >= 11 is 0. The first-order valence-corrected chi connectivity index (χ1v) is 15.6. The summed E-state index contributed by atoms with van der Waals surface area (Å²) in [5.74, 6) is -3.01. The Hall–Kier alpha value is -3.75. The molecule has 44 heavy (non-hydrogen) atoms. The van der Waals surface area contributed by atoms with Crippen molar-refractivity contribution < 1.29 is 29.0 Å². The lowest BCUT2D eigenvalue weighted by atomic mass is 9.62. The Morgan fingerprint density at radius 2 is 1.77 bits per heavy atom. The first-order chi connectivity index (χ1) is 21.2. The van der Waals surface area contributed by atoms with Crippen molar-refractivity contribution in [2.75, 3.05) is 19.8 Å². The third-order valence-electron chi connectivity index (χ3n) is 9.83. The maximum Gasteiger partial charge on any atom is 0.312 e. The number of rotatable bonds is 14. The van der Waals surface area contributed by atoms with E-state index < -0.39 is 41.1 Å². The van der Waals surface area contributed by atoms with Crippen molar-refractivity contribution in [3.63, 3.8) is 0 Å². The summed E-state index contributed by atoms with van der Waals surface area (Å²) in [5.41, 5.74) is -0.352. The van der Waals surface area contributed by atoms with E-state index >= 15 is 0 Å². The summed E-state index contributed by atoms with van der Waals surface area (Å²) in [6, 6.07) is 17.5. The van der Waals surface area contributed by atoms with Gasteiger partial charge in [0.2, 0.25) is 11.8 Å². The molecular weight excluding hydrogens is 556 g/mol. The van der Waals surface area contributed by atoms with Gasteiger partial charge in [0.25, 0.3) is 0 Å². The highest BCUT2D eigenvalue weighted by molar-refractivity contribution is 5.99. The number of fused-ring (bicyclic) bond motifs is 1. The van der Waals surface area contributed by atoms with Crippen molar-refractivity contribution in [3.8, 4) is 0 Å². The van der Waals surface area contributed by atoms with E-state index in [1.54, 1.807) is 17.1 Å². The number of unbranched alkanes of at least 4 members (excludes halogenated alkanes) is 1. The van der Waals surface area contributed by atoms with Gasteiger partial charge in [-0.25, -0.2) is 0 Å². The van der Waals surface area contributed by atoms with E-state index in [4.69, 9.17) is 9.47 Å². The maximum atomic E-state index is 14.8. The minimum absolute atomic E-state index is 0.115. The number of hydrogen-bond acceptors (Lipinski definition) is 6. The average molecular weight is 601 g/mol. The SMILES string of the molecule is C=CCCCOC(=O)[C@@H]1[C@H]2C(=O)N([C@@H](CO)Cc3ccccc3)C(C(=O)N(CC=C)Cc3ccccc3)C23CC(C)[C@@]1(C)O3. The number of nitrogens with zero attached hydrogens (tertiary/aromatic N) is 2. The average Bonchev–Trinajstić information content (AvgIpc) is 3.55. The highest BCUT2D eigenvalue weighted by Gasteiger charge is 2.80. The van der Waals surface area contributed by atoms with Crippen molar-refractivity contribution in [2.24, 2.45) is 17.8 Å². The number of hydrogen-bond donors (Lipinski definition) is 1. The van der Waals surface area contributed by atoms with Gasteiger partial charge in [-0.1, -0.05) is 79.7 Å². The van der Waals surface area contributed by atoms with Crippen LogP contribution in [0.15, 0.2) is 86.0 Å². The fourth-order valence-corrected chi connectivity index (χ4v) is 7.70. The molecule has 3 saturated heterocycles. The van der Waals surface area contributed by atoms with Gasteiger partial charge in [0.15, 0.2) is 0 Å². The van der Waals surface area contributed by atoms with Crippen LogP contribution in [0.4, 0.5) is 0 Å². The smallest absolute Gasteiger partial charge is 0.312 e. The zero-order valence-corrected chi connectivity index (χ0v) is 25.8. The Balaban J connectivity index is 1.57. The lowest BCUT2D eigenvalue weighted by Gasteiger charge is -2.39. The van der Waals surface area contributed by atoms with Crippen molar-refractivity contribution in [3.05, 3.63) is 97.1 Å². The molecule has 2 aromatic carbocycles. The van der Waals surface area contributed by atoms with Crippen LogP contribution in [0, 0.1) is 17.8 Å². The molecule has 3 aliphatic rings. The van der Waals surface area contributed by atoms with Gasteiger partial charge in [-0.15, -0.1) is 13.2 Å². The summed E-state index contributed by atoms with van der Waals surface area (Å²) in [6.07, 6.45) is 5.56. The Morgan fingerprint density at radius 1 is 1.11 bits per heavy atom. The molecule has 234 valence electrons. The Kier molecular flexibility index (Phi) is 9.42. The summed E-state index contributed by atoms with van der Waals surface area (Å²) in [7, 11) is 0. The number of esters is 1. The number of likely N-dealkylation sites (tertiary alicyclic amines) is 1. The topological polar surface area (TPSA) is 96.4 Å². The van der Waals surface area contributed by atoms with Gasteiger partial charge in [0, 0.05) is 13.1 Å². The van der Waals surface area contributed by atoms with Crippen LogP contribution in [0.5, 0.6) is 0 Å². The van der Waals surface area contributed by atoms with E-state index in [1.807, 2.05) is 74.5 Å². The molecular formula is C36H44N2O6. The second kappa shape index (κ2) is 13.1. The largest absolute Gasteiger partial charge is 0.465 e. The molecule has 0 saturated carbocycles. The summed E-state index contributed by atoms with van der Waals surface area (Å²) < 4.78 is 12.6. The Bertz CT molecular complexity index is 1370. The van der Waals surface area contributed by atoms with Crippen LogP contribution in [0.2, 0.25) is 0 Å². The first kappa shape index (κ1) is 31.7. The van der Waals surface area contributed by atoms with Gasteiger partial charge >= 0.3 is 5.97 Å². The van der Waals surface area contributed by atoms with Crippen molar-refractivity contribution >= 4 is 17.8 Å². The second-order valence-electron chi connectivity index (χ2n) is 12.6. The monoisotopic (exact) mass is 600 g/mol. The Labute approximate surface area is 260 Å². The molecule has 3 heterocycles. The van der Waals surface area contributed by atoms with Gasteiger partial charge in [-0.3, -0.25) is 14.4 Å². The van der Waals surface area contributed by atoms with Gasteiger partial charge in [-0.05, 0) is 49.7 Å². The highest BCUT2D eigenvalue weighted by Crippen LogP contribution is 2.65. The number of aliphatic hydroxyl groups excluding tert-OH is 1. The normalized spacial score (nSPS) is 29.2. The van der Waals surface area contributed by atoms with Crippen molar-refractivity contribution in [2.45, 2.75) is 69.4 Å². The highest BCUT2D eigenvalue weighted by atomic mass is 16.6. The maximum absolute atomic E-state index is 14.8. The van der Waals surface area contributed by atoms with Crippen LogP contribution in [0.3, 0.4) is 0 Å². The molecule has 7 atom stereocenters. The molecule has 8 nitrogen and oxygen atoms in total. The molecule has 5 rings (SSSR count). The van der Waals surface area contributed by atoms with Gasteiger partial charge < -0.3 is 24.4 Å². The van der Waals surface area contributed by atoms with Crippen LogP contribution < -0.4 is 0 Å². The standard InChI is InChI=1S/C36H44N2O6/c1-5-7-14-20-43-34(42)30-29-32(40)38(28(24-39)21-26-15-10-8-11-16-26)31(36(29)22-25(3)35(30,4)44-36)33(41)37(19-6-2)23-27-17-12-9-13-18-27/h5-6,8-13,15-18,25,28-31,39H,1-2,7,14,19-24H2,3-4H3/t25?,28-,29+,30+,31?,35-,36?/m1/s1. The number of allylic oxidation sites excluding steroid dienone is 1. The first-order valence-electron chi connectivity index (χ1n) is 15.6. The number of ether oxygens (including phenoxy) is 2. The minimum Gasteiger partial charge on any atom is -0.465 e. The number of amides is 2. The molecule has 2 aromatic rings. The van der Waals surface area contributed by atoms with E-state index in [-0.39, 0.29) is 37.5 Å².